The molecule has 104 valence electrons. The van der Waals surface area contributed by atoms with Crippen molar-refractivity contribution in [2.75, 3.05) is 6.54 Å². The van der Waals surface area contributed by atoms with Gasteiger partial charge >= 0.3 is 0 Å². The van der Waals surface area contributed by atoms with Crippen LogP contribution in [0.1, 0.15) is 18.4 Å². The summed E-state index contributed by atoms with van der Waals surface area (Å²) in [6.07, 6.45) is 8.92. The van der Waals surface area contributed by atoms with Gasteiger partial charge in [0.25, 0.3) is 0 Å². The normalized spacial score (nSPS) is 25.0. The van der Waals surface area contributed by atoms with Gasteiger partial charge in [0.2, 0.25) is 5.91 Å². The lowest BCUT2D eigenvalue weighted by Crippen LogP contribution is -2.28. The fourth-order valence-corrected chi connectivity index (χ4v) is 2.97. The largest absolute Gasteiger partial charge is 0.387 e. The first-order chi connectivity index (χ1) is 9.81. The van der Waals surface area contributed by atoms with E-state index in [1.807, 2.05) is 24.4 Å². The SMILES string of the molecule is O=C1NC(Cc2ccccc2)CC1CC1=CCNC=C1. The Kier molecular flexibility index (Phi) is 3.86. The van der Waals surface area contributed by atoms with E-state index in [0.717, 1.165) is 25.8 Å². The molecule has 1 saturated heterocycles. The lowest BCUT2D eigenvalue weighted by Gasteiger charge is -2.12. The molecular weight excluding hydrogens is 248 g/mol. The van der Waals surface area contributed by atoms with Crippen molar-refractivity contribution in [2.24, 2.45) is 5.92 Å². The summed E-state index contributed by atoms with van der Waals surface area (Å²) in [6, 6.07) is 10.6. The molecule has 0 radical (unpaired) electrons. The zero-order valence-corrected chi connectivity index (χ0v) is 11.5. The van der Waals surface area contributed by atoms with Crippen LogP contribution >= 0.6 is 0 Å². The monoisotopic (exact) mass is 268 g/mol. The second kappa shape index (κ2) is 5.95. The average Bonchev–Trinajstić information content (AvgIpc) is 2.81. The molecule has 1 fully saturated rings. The first-order valence-corrected chi connectivity index (χ1v) is 7.24. The molecule has 20 heavy (non-hydrogen) atoms. The molecule has 0 bridgehead atoms. The topological polar surface area (TPSA) is 41.1 Å². The maximum absolute atomic E-state index is 12.1. The quantitative estimate of drug-likeness (QED) is 0.878. The van der Waals surface area contributed by atoms with Crippen LogP contribution in [0.3, 0.4) is 0 Å². The van der Waals surface area contributed by atoms with Crippen molar-refractivity contribution < 1.29 is 4.79 Å². The zero-order chi connectivity index (χ0) is 13.8. The first kappa shape index (κ1) is 13.0. The Morgan fingerprint density at radius 2 is 2.00 bits per heavy atom. The summed E-state index contributed by atoms with van der Waals surface area (Å²) in [5, 5.41) is 6.27. The maximum atomic E-state index is 12.1. The third-order valence-electron chi connectivity index (χ3n) is 3.99. The van der Waals surface area contributed by atoms with Crippen molar-refractivity contribution in [2.45, 2.75) is 25.3 Å². The van der Waals surface area contributed by atoms with Crippen molar-refractivity contribution >= 4 is 5.91 Å². The van der Waals surface area contributed by atoms with Crippen molar-refractivity contribution in [1.29, 1.82) is 0 Å². The van der Waals surface area contributed by atoms with E-state index in [1.54, 1.807) is 0 Å². The van der Waals surface area contributed by atoms with Crippen molar-refractivity contribution in [1.82, 2.24) is 10.6 Å². The molecule has 0 spiro atoms. The molecule has 0 saturated carbocycles. The number of nitrogens with one attached hydrogen (secondary N) is 2. The van der Waals surface area contributed by atoms with Gasteiger partial charge in [0, 0.05) is 18.5 Å². The van der Waals surface area contributed by atoms with Gasteiger partial charge in [0.05, 0.1) is 0 Å². The third kappa shape index (κ3) is 3.10. The molecule has 2 aliphatic rings. The van der Waals surface area contributed by atoms with Gasteiger partial charge in [-0.2, -0.15) is 0 Å². The van der Waals surface area contributed by atoms with Gasteiger partial charge in [-0.05, 0) is 42.7 Å². The fourth-order valence-electron chi connectivity index (χ4n) is 2.97. The van der Waals surface area contributed by atoms with Crippen LogP contribution in [0.5, 0.6) is 0 Å². The summed E-state index contributed by atoms with van der Waals surface area (Å²) in [6.45, 7) is 0.869. The molecule has 3 rings (SSSR count). The van der Waals surface area contributed by atoms with Gasteiger partial charge in [-0.25, -0.2) is 0 Å². The molecule has 1 amide bonds. The minimum atomic E-state index is 0.123. The van der Waals surface area contributed by atoms with Gasteiger partial charge in [-0.15, -0.1) is 0 Å². The highest BCUT2D eigenvalue weighted by molar-refractivity contribution is 5.81. The van der Waals surface area contributed by atoms with Crippen LogP contribution in [0.25, 0.3) is 0 Å². The van der Waals surface area contributed by atoms with Crippen LogP contribution in [0, 0.1) is 5.92 Å². The molecule has 0 aliphatic carbocycles. The Hall–Kier alpha value is -2.03. The summed E-state index contributed by atoms with van der Waals surface area (Å²) < 4.78 is 0. The predicted molar refractivity (Wildman–Crippen MR) is 80.0 cm³/mol. The number of hydrogen-bond acceptors (Lipinski definition) is 2. The summed E-state index contributed by atoms with van der Waals surface area (Å²) in [7, 11) is 0. The first-order valence-electron chi connectivity index (χ1n) is 7.24. The number of rotatable bonds is 4. The number of carbonyl (C=O) groups excluding carboxylic acids is 1. The molecule has 2 heterocycles. The Labute approximate surface area is 119 Å². The van der Waals surface area contributed by atoms with Crippen LogP contribution in [-0.2, 0) is 11.2 Å². The van der Waals surface area contributed by atoms with E-state index < -0.39 is 0 Å². The van der Waals surface area contributed by atoms with E-state index in [1.165, 1.54) is 11.1 Å². The minimum absolute atomic E-state index is 0.123. The van der Waals surface area contributed by atoms with E-state index in [9.17, 15) is 4.79 Å². The second-order valence-electron chi connectivity index (χ2n) is 5.55. The molecule has 1 aromatic rings. The second-order valence-corrected chi connectivity index (χ2v) is 5.55. The highest BCUT2D eigenvalue weighted by Crippen LogP contribution is 2.25. The molecule has 2 aliphatic heterocycles. The smallest absolute Gasteiger partial charge is 0.223 e. The number of allylic oxidation sites excluding steroid dienone is 2. The van der Waals surface area contributed by atoms with E-state index in [4.69, 9.17) is 0 Å². The summed E-state index contributed by atoms with van der Waals surface area (Å²) in [4.78, 5) is 12.1. The number of carbonyl (C=O) groups is 1. The maximum Gasteiger partial charge on any atom is 0.223 e. The lowest BCUT2D eigenvalue weighted by molar-refractivity contribution is -0.122. The summed E-state index contributed by atoms with van der Waals surface area (Å²) in [5.74, 6) is 0.330. The molecule has 3 nitrogen and oxygen atoms in total. The van der Waals surface area contributed by atoms with Crippen LogP contribution < -0.4 is 10.6 Å². The summed E-state index contributed by atoms with van der Waals surface area (Å²) in [5.41, 5.74) is 2.56. The van der Waals surface area contributed by atoms with Gasteiger partial charge < -0.3 is 10.6 Å². The van der Waals surface area contributed by atoms with Crippen LogP contribution in [-0.4, -0.2) is 18.5 Å². The molecule has 0 aromatic heterocycles. The van der Waals surface area contributed by atoms with Crippen LogP contribution in [0.4, 0.5) is 0 Å². The van der Waals surface area contributed by atoms with Crippen molar-refractivity contribution in [3.63, 3.8) is 0 Å². The van der Waals surface area contributed by atoms with Crippen molar-refractivity contribution in [3.8, 4) is 0 Å². The van der Waals surface area contributed by atoms with Gasteiger partial charge in [0.1, 0.15) is 0 Å². The average molecular weight is 268 g/mol. The number of hydrogen-bond donors (Lipinski definition) is 2. The summed E-state index contributed by atoms with van der Waals surface area (Å²) >= 11 is 0. The fraction of sp³-hybridized carbons (Fsp3) is 0.353. The predicted octanol–water partition coefficient (Wildman–Crippen LogP) is 2.17. The van der Waals surface area contributed by atoms with Gasteiger partial charge in [0.15, 0.2) is 0 Å². The van der Waals surface area contributed by atoms with Crippen LogP contribution in [0.2, 0.25) is 0 Å². The molecule has 2 N–H and O–H groups in total. The highest BCUT2D eigenvalue weighted by Gasteiger charge is 2.31. The minimum Gasteiger partial charge on any atom is -0.387 e. The Balaban J connectivity index is 1.58. The molecule has 2 unspecified atom stereocenters. The lowest BCUT2D eigenvalue weighted by atomic mass is 9.93. The highest BCUT2D eigenvalue weighted by atomic mass is 16.2. The van der Waals surface area contributed by atoms with E-state index in [-0.39, 0.29) is 17.9 Å². The van der Waals surface area contributed by atoms with Crippen LogP contribution in [0.15, 0.2) is 54.3 Å². The Morgan fingerprint density at radius 3 is 2.75 bits per heavy atom. The van der Waals surface area contributed by atoms with E-state index in [0.29, 0.717) is 0 Å². The Bertz CT molecular complexity index is 533. The molecule has 1 aromatic carbocycles. The molecular formula is C17H20N2O. The van der Waals surface area contributed by atoms with E-state index >= 15 is 0 Å². The molecule has 2 atom stereocenters. The standard InChI is InChI=1S/C17H20N2O/c20-17-15(10-14-6-8-18-9-7-14)12-16(19-17)11-13-4-2-1-3-5-13/h1-8,15-16,18H,9-12H2,(H,19,20). The number of amides is 1. The third-order valence-corrected chi connectivity index (χ3v) is 3.99. The number of dihydropyridines is 1. The van der Waals surface area contributed by atoms with Gasteiger partial charge in [-0.1, -0.05) is 36.4 Å². The molecule has 3 heteroatoms. The number of benzene rings is 1. The Morgan fingerprint density at radius 1 is 1.15 bits per heavy atom. The zero-order valence-electron chi connectivity index (χ0n) is 11.5. The van der Waals surface area contributed by atoms with Gasteiger partial charge in [-0.3, -0.25) is 4.79 Å². The van der Waals surface area contributed by atoms with E-state index in [2.05, 4.69) is 34.9 Å². The van der Waals surface area contributed by atoms with Crippen molar-refractivity contribution in [3.05, 3.63) is 59.8 Å².